The summed E-state index contributed by atoms with van der Waals surface area (Å²) in [4.78, 5) is 10.8. The van der Waals surface area contributed by atoms with Gasteiger partial charge in [-0.15, -0.1) is 0 Å². The molecule has 174 valence electrons. The van der Waals surface area contributed by atoms with Gasteiger partial charge < -0.3 is 19.3 Å². The highest BCUT2D eigenvalue weighted by Crippen LogP contribution is 2.33. The van der Waals surface area contributed by atoms with Crippen LogP contribution in [0.15, 0.2) is 66.7 Å². The number of hydrogen-bond donors (Lipinski definition) is 1. The van der Waals surface area contributed by atoms with Crippen LogP contribution in [0, 0.1) is 0 Å². The Morgan fingerprint density at radius 1 is 0.848 bits per heavy atom. The van der Waals surface area contributed by atoms with E-state index in [0.29, 0.717) is 26.2 Å². The van der Waals surface area contributed by atoms with Crippen LogP contribution in [0.25, 0.3) is 11.1 Å². The molecular formula is C28H32O5. The lowest BCUT2D eigenvalue weighted by atomic mass is 10.0. The van der Waals surface area contributed by atoms with E-state index in [2.05, 4.69) is 19.1 Å². The molecule has 0 aliphatic rings. The summed E-state index contributed by atoms with van der Waals surface area (Å²) in [7, 11) is 0. The van der Waals surface area contributed by atoms with Gasteiger partial charge in [-0.1, -0.05) is 49.7 Å². The van der Waals surface area contributed by atoms with Crippen molar-refractivity contribution in [3.63, 3.8) is 0 Å². The topological polar surface area (TPSA) is 65.0 Å². The number of aryl methyl sites for hydroxylation is 1. The fourth-order valence-electron chi connectivity index (χ4n) is 3.47. The molecule has 5 heteroatoms. The Hall–Kier alpha value is -3.47. The summed E-state index contributed by atoms with van der Waals surface area (Å²) in [5.41, 5.74) is 4.02. The summed E-state index contributed by atoms with van der Waals surface area (Å²) in [6, 6.07) is 21.8. The minimum atomic E-state index is -0.802. The Morgan fingerprint density at radius 2 is 1.64 bits per heavy atom. The molecule has 3 aromatic rings. The Labute approximate surface area is 195 Å². The van der Waals surface area contributed by atoms with Crippen molar-refractivity contribution in [3.05, 3.63) is 77.9 Å². The molecule has 0 heterocycles. The van der Waals surface area contributed by atoms with Gasteiger partial charge in [-0.25, -0.2) is 0 Å². The molecule has 0 aliphatic heterocycles. The van der Waals surface area contributed by atoms with E-state index in [4.69, 9.17) is 19.3 Å². The molecule has 33 heavy (non-hydrogen) atoms. The molecule has 0 fully saturated rings. The number of carboxylic acids is 1. The Morgan fingerprint density at radius 3 is 2.39 bits per heavy atom. The molecule has 0 saturated heterocycles. The van der Waals surface area contributed by atoms with E-state index in [1.54, 1.807) is 0 Å². The highest BCUT2D eigenvalue weighted by molar-refractivity contribution is 5.72. The maximum Gasteiger partial charge on any atom is 0.303 e. The summed E-state index contributed by atoms with van der Waals surface area (Å²) in [5.74, 6) is 1.58. The van der Waals surface area contributed by atoms with Crippen LogP contribution in [0.2, 0.25) is 0 Å². The van der Waals surface area contributed by atoms with Gasteiger partial charge in [0.2, 0.25) is 0 Å². The number of benzene rings is 3. The van der Waals surface area contributed by atoms with Gasteiger partial charge in [0.15, 0.2) is 0 Å². The van der Waals surface area contributed by atoms with Crippen LogP contribution in [-0.2, 0) is 17.8 Å². The standard InChI is InChI=1S/C28H32O5/c1-3-5-16-32-27-18-22(12-14-26(27)23-9-7-11-25(19-23)31-4-2)20-33-24-10-6-8-21(17-24)13-15-28(29)30/h6-12,14,17-19H,3-5,13,15-16,20H2,1-2H3,(H,29,30). The molecule has 0 atom stereocenters. The van der Waals surface area contributed by atoms with Crippen molar-refractivity contribution < 1.29 is 24.1 Å². The van der Waals surface area contributed by atoms with Gasteiger partial charge in [-0.2, -0.15) is 0 Å². The van der Waals surface area contributed by atoms with Crippen molar-refractivity contribution in [3.8, 4) is 28.4 Å². The first-order valence-electron chi connectivity index (χ1n) is 11.5. The van der Waals surface area contributed by atoms with Crippen LogP contribution in [-0.4, -0.2) is 24.3 Å². The molecule has 1 N–H and O–H groups in total. The van der Waals surface area contributed by atoms with Crippen LogP contribution < -0.4 is 14.2 Å². The monoisotopic (exact) mass is 448 g/mol. The smallest absolute Gasteiger partial charge is 0.303 e. The average Bonchev–Trinajstić information content (AvgIpc) is 2.82. The van der Waals surface area contributed by atoms with Gasteiger partial charge in [0.25, 0.3) is 0 Å². The highest BCUT2D eigenvalue weighted by atomic mass is 16.5. The van der Waals surface area contributed by atoms with Gasteiger partial charge in [-0.05, 0) is 66.8 Å². The zero-order valence-corrected chi connectivity index (χ0v) is 19.4. The molecule has 0 unspecified atom stereocenters. The summed E-state index contributed by atoms with van der Waals surface area (Å²) in [6.45, 7) is 5.79. The van der Waals surface area contributed by atoms with Crippen LogP contribution in [0.5, 0.6) is 17.2 Å². The molecule has 3 rings (SSSR count). The third kappa shape index (κ3) is 7.56. The van der Waals surface area contributed by atoms with Gasteiger partial charge in [0.05, 0.1) is 13.2 Å². The predicted molar refractivity (Wildman–Crippen MR) is 130 cm³/mol. The van der Waals surface area contributed by atoms with E-state index < -0.39 is 5.97 Å². The summed E-state index contributed by atoms with van der Waals surface area (Å²) >= 11 is 0. The van der Waals surface area contributed by atoms with Crippen LogP contribution >= 0.6 is 0 Å². The zero-order chi connectivity index (χ0) is 23.5. The number of rotatable bonds is 13. The Kier molecular flexibility index (Phi) is 9.19. The second-order valence-electron chi connectivity index (χ2n) is 7.82. The van der Waals surface area contributed by atoms with Crippen LogP contribution in [0.1, 0.15) is 44.2 Å². The average molecular weight is 449 g/mol. The number of carboxylic acid groups (broad SMARTS) is 1. The molecule has 0 bridgehead atoms. The maximum atomic E-state index is 10.8. The number of ether oxygens (including phenoxy) is 3. The quantitative estimate of drug-likeness (QED) is 0.301. The van der Waals surface area contributed by atoms with Gasteiger partial charge in [-0.3, -0.25) is 4.79 Å². The summed E-state index contributed by atoms with van der Waals surface area (Å²) in [6.07, 6.45) is 2.64. The van der Waals surface area contributed by atoms with Crippen molar-refractivity contribution in [2.24, 2.45) is 0 Å². The van der Waals surface area contributed by atoms with Gasteiger partial charge in [0.1, 0.15) is 23.9 Å². The van der Waals surface area contributed by atoms with E-state index >= 15 is 0 Å². The Balaban J connectivity index is 1.76. The van der Waals surface area contributed by atoms with Crippen LogP contribution in [0.4, 0.5) is 0 Å². The molecule has 0 aromatic heterocycles. The molecule has 0 spiro atoms. The molecule has 0 aliphatic carbocycles. The fourth-order valence-corrected chi connectivity index (χ4v) is 3.47. The molecule has 0 saturated carbocycles. The van der Waals surface area contributed by atoms with Crippen molar-refractivity contribution in [2.45, 2.75) is 46.1 Å². The largest absolute Gasteiger partial charge is 0.494 e. The number of unbranched alkanes of at least 4 members (excludes halogenated alkanes) is 1. The number of carbonyl (C=O) groups is 1. The fraction of sp³-hybridized carbons (Fsp3) is 0.321. The lowest BCUT2D eigenvalue weighted by molar-refractivity contribution is -0.136. The first-order chi connectivity index (χ1) is 16.1. The molecular weight excluding hydrogens is 416 g/mol. The van der Waals surface area contributed by atoms with Gasteiger partial charge >= 0.3 is 5.97 Å². The van der Waals surface area contributed by atoms with Crippen molar-refractivity contribution >= 4 is 5.97 Å². The zero-order valence-electron chi connectivity index (χ0n) is 19.4. The second kappa shape index (κ2) is 12.5. The number of hydrogen-bond acceptors (Lipinski definition) is 4. The lowest BCUT2D eigenvalue weighted by Crippen LogP contribution is -2.02. The summed E-state index contributed by atoms with van der Waals surface area (Å²) in [5, 5.41) is 8.90. The highest BCUT2D eigenvalue weighted by Gasteiger charge is 2.10. The second-order valence-corrected chi connectivity index (χ2v) is 7.82. The van der Waals surface area contributed by atoms with E-state index in [9.17, 15) is 4.79 Å². The van der Waals surface area contributed by atoms with Crippen molar-refractivity contribution in [1.82, 2.24) is 0 Å². The molecule has 0 amide bonds. The van der Waals surface area contributed by atoms with E-state index in [1.807, 2.05) is 61.5 Å². The lowest BCUT2D eigenvalue weighted by Gasteiger charge is -2.15. The van der Waals surface area contributed by atoms with Crippen LogP contribution in [0.3, 0.4) is 0 Å². The van der Waals surface area contributed by atoms with E-state index in [-0.39, 0.29) is 6.42 Å². The third-order valence-corrected chi connectivity index (χ3v) is 5.19. The van der Waals surface area contributed by atoms with E-state index in [1.165, 1.54) is 0 Å². The molecule has 0 radical (unpaired) electrons. The molecule has 5 nitrogen and oxygen atoms in total. The SMILES string of the molecule is CCCCOc1cc(COc2cccc(CCC(=O)O)c2)ccc1-c1cccc(OCC)c1. The van der Waals surface area contributed by atoms with Gasteiger partial charge in [0, 0.05) is 12.0 Å². The Bertz CT molecular complexity index is 1040. The summed E-state index contributed by atoms with van der Waals surface area (Å²) < 4.78 is 17.8. The normalized spacial score (nSPS) is 10.6. The first kappa shape index (κ1) is 24.2. The first-order valence-corrected chi connectivity index (χ1v) is 11.5. The third-order valence-electron chi connectivity index (χ3n) is 5.19. The molecule has 3 aromatic carbocycles. The maximum absolute atomic E-state index is 10.8. The van der Waals surface area contributed by atoms with Crippen molar-refractivity contribution in [2.75, 3.05) is 13.2 Å². The minimum Gasteiger partial charge on any atom is -0.494 e. The van der Waals surface area contributed by atoms with E-state index in [0.717, 1.165) is 52.3 Å². The minimum absolute atomic E-state index is 0.105. The predicted octanol–water partition coefficient (Wildman–Crippen LogP) is 6.53. The van der Waals surface area contributed by atoms with Crippen molar-refractivity contribution in [1.29, 1.82) is 0 Å². The number of aliphatic carboxylic acids is 1.